The zero-order valence-electron chi connectivity index (χ0n) is 11.0. The van der Waals surface area contributed by atoms with Crippen LogP contribution in [0.3, 0.4) is 0 Å². The van der Waals surface area contributed by atoms with E-state index in [0.29, 0.717) is 19.7 Å². The zero-order chi connectivity index (χ0) is 13.9. The second-order valence-corrected chi connectivity index (χ2v) is 5.32. The highest BCUT2D eigenvalue weighted by Gasteiger charge is 2.17. The molecule has 2 nitrogen and oxygen atoms in total. The van der Waals surface area contributed by atoms with Gasteiger partial charge in [0.05, 0.1) is 6.61 Å². The molecule has 0 aliphatic carbocycles. The number of hydrogen-bond donors (Lipinski definition) is 1. The number of benzene rings is 2. The molecule has 0 fully saturated rings. The van der Waals surface area contributed by atoms with E-state index < -0.39 is 0 Å². The van der Waals surface area contributed by atoms with Gasteiger partial charge in [-0.1, -0.05) is 23.7 Å². The molecule has 0 radical (unpaired) electrons. The molecule has 0 bridgehead atoms. The van der Waals surface area contributed by atoms with Crippen LogP contribution in [0.25, 0.3) is 0 Å². The second kappa shape index (κ2) is 5.81. The van der Waals surface area contributed by atoms with E-state index in [0.717, 1.165) is 28.3 Å². The van der Waals surface area contributed by atoms with E-state index in [2.05, 4.69) is 5.32 Å². The number of ether oxygens (including phenoxy) is 1. The molecule has 0 aromatic heterocycles. The molecule has 2 aromatic rings. The minimum atomic E-state index is -0.212. The maximum absolute atomic E-state index is 13.1. The van der Waals surface area contributed by atoms with Crippen LogP contribution in [0.5, 0.6) is 5.75 Å². The van der Waals surface area contributed by atoms with E-state index in [-0.39, 0.29) is 5.82 Å². The number of halogens is 2. The fourth-order valence-electron chi connectivity index (χ4n) is 2.47. The fraction of sp³-hybridized carbons (Fsp3) is 0.250. The van der Waals surface area contributed by atoms with Crippen molar-refractivity contribution in [2.75, 3.05) is 6.61 Å². The van der Waals surface area contributed by atoms with Gasteiger partial charge in [-0.25, -0.2) is 4.39 Å². The van der Waals surface area contributed by atoms with E-state index in [1.165, 1.54) is 17.7 Å². The van der Waals surface area contributed by atoms with Crippen LogP contribution in [0.2, 0.25) is 5.02 Å². The third kappa shape index (κ3) is 2.94. The molecule has 4 heteroatoms. The summed E-state index contributed by atoms with van der Waals surface area (Å²) in [5, 5.41) is 4.03. The maximum Gasteiger partial charge on any atom is 0.127 e. The highest BCUT2D eigenvalue weighted by atomic mass is 35.5. The molecule has 0 spiro atoms. The van der Waals surface area contributed by atoms with Gasteiger partial charge in [0.1, 0.15) is 11.6 Å². The first-order chi connectivity index (χ1) is 9.72. The van der Waals surface area contributed by atoms with Gasteiger partial charge in [0.15, 0.2) is 0 Å². The van der Waals surface area contributed by atoms with Crippen molar-refractivity contribution >= 4 is 11.6 Å². The maximum atomic E-state index is 13.1. The van der Waals surface area contributed by atoms with Crippen LogP contribution in [0.15, 0.2) is 36.4 Å². The zero-order valence-corrected chi connectivity index (χ0v) is 11.7. The Balaban J connectivity index is 1.67. The van der Waals surface area contributed by atoms with Crippen molar-refractivity contribution < 1.29 is 9.13 Å². The highest BCUT2D eigenvalue weighted by Crippen LogP contribution is 2.32. The third-order valence-corrected chi connectivity index (χ3v) is 3.58. The van der Waals surface area contributed by atoms with Gasteiger partial charge in [0.2, 0.25) is 0 Å². The lowest BCUT2D eigenvalue weighted by Crippen LogP contribution is -2.13. The molecule has 2 aromatic carbocycles. The summed E-state index contributed by atoms with van der Waals surface area (Å²) in [7, 11) is 0. The summed E-state index contributed by atoms with van der Waals surface area (Å²) in [5.74, 6) is 0.734. The van der Waals surface area contributed by atoms with Crippen molar-refractivity contribution in [1.29, 1.82) is 0 Å². The Kier molecular flexibility index (Phi) is 3.90. The Morgan fingerprint density at radius 1 is 1.20 bits per heavy atom. The summed E-state index contributed by atoms with van der Waals surface area (Å²) in [5.41, 5.74) is 3.14. The molecule has 0 saturated carbocycles. The first-order valence-corrected chi connectivity index (χ1v) is 6.99. The van der Waals surface area contributed by atoms with Crippen LogP contribution in [0.4, 0.5) is 4.39 Å². The predicted molar refractivity (Wildman–Crippen MR) is 77.6 cm³/mol. The van der Waals surface area contributed by atoms with Crippen molar-refractivity contribution in [3.05, 3.63) is 63.9 Å². The number of nitrogens with one attached hydrogen (secondary N) is 1. The summed E-state index contributed by atoms with van der Waals surface area (Å²) < 4.78 is 18.7. The highest BCUT2D eigenvalue weighted by molar-refractivity contribution is 6.30. The molecule has 0 saturated heterocycles. The van der Waals surface area contributed by atoms with Gasteiger partial charge in [0.25, 0.3) is 0 Å². The summed E-state index contributed by atoms with van der Waals surface area (Å²) in [6.45, 7) is 1.98. The number of hydrogen-bond acceptors (Lipinski definition) is 2. The van der Waals surface area contributed by atoms with Crippen LogP contribution in [-0.4, -0.2) is 6.61 Å². The van der Waals surface area contributed by atoms with Crippen LogP contribution < -0.4 is 10.1 Å². The lowest BCUT2D eigenvalue weighted by atomic mass is 10.1. The summed E-state index contributed by atoms with van der Waals surface area (Å²) in [6.07, 6.45) is 0.910. The van der Waals surface area contributed by atoms with Crippen LogP contribution in [0, 0.1) is 5.82 Å². The predicted octanol–water partition coefficient (Wildman–Crippen LogP) is 3.70. The standard InChI is InChI=1S/C16H15ClFNO/c17-14-7-12-4-5-20-16(12)13(8-14)10-19-9-11-2-1-3-15(18)6-11/h1-3,6-8,19H,4-5,9-10H2. The Labute approximate surface area is 122 Å². The van der Waals surface area contributed by atoms with Gasteiger partial charge in [-0.15, -0.1) is 0 Å². The monoisotopic (exact) mass is 291 g/mol. The summed E-state index contributed by atoms with van der Waals surface area (Å²) in [4.78, 5) is 0. The van der Waals surface area contributed by atoms with E-state index >= 15 is 0 Å². The molecular weight excluding hydrogens is 277 g/mol. The fourth-order valence-corrected chi connectivity index (χ4v) is 2.73. The van der Waals surface area contributed by atoms with Gasteiger partial charge in [-0.2, -0.15) is 0 Å². The summed E-state index contributed by atoms with van der Waals surface area (Å²) >= 11 is 6.11. The smallest absolute Gasteiger partial charge is 0.127 e. The van der Waals surface area contributed by atoms with Crippen LogP contribution in [0.1, 0.15) is 16.7 Å². The largest absolute Gasteiger partial charge is 0.493 e. The van der Waals surface area contributed by atoms with Gasteiger partial charge >= 0.3 is 0 Å². The average molecular weight is 292 g/mol. The Bertz CT molecular complexity index is 630. The van der Waals surface area contributed by atoms with Crippen molar-refractivity contribution in [1.82, 2.24) is 5.32 Å². The normalized spacial score (nSPS) is 13.1. The van der Waals surface area contributed by atoms with Crippen molar-refractivity contribution in [2.45, 2.75) is 19.5 Å². The first-order valence-electron chi connectivity index (χ1n) is 6.61. The lowest BCUT2D eigenvalue weighted by Gasteiger charge is -2.10. The van der Waals surface area contributed by atoms with Gasteiger partial charge in [-0.3, -0.25) is 0 Å². The Hall–Kier alpha value is -1.58. The van der Waals surface area contributed by atoms with Crippen molar-refractivity contribution in [2.24, 2.45) is 0 Å². The van der Waals surface area contributed by atoms with E-state index in [1.807, 2.05) is 18.2 Å². The molecule has 104 valence electrons. The minimum Gasteiger partial charge on any atom is -0.493 e. The number of rotatable bonds is 4. The van der Waals surface area contributed by atoms with Crippen LogP contribution >= 0.6 is 11.6 Å². The molecule has 3 rings (SSSR count). The Morgan fingerprint density at radius 3 is 2.95 bits per heavy atom. The second-order valence-electron chi connectivity index (χ2n) is 4.89. The van der Waals surface area contributed by atoms with Gasteiger partial charge < -0.3 is 10.1 Å². The molecular formula is C16H15ClFNO. The molecule has 1 aliphatic rings. The van der Waals surface area contributed by atoms with Gasteiger partial charge in [0, 0.05) is 30.1 Å². The third-order valence-electron chi connectivity index (χ3n) is 3.36. The average Bonchev–Trinajstić information content (AvgIpc) is 2.87. The van der Waals surface area contributed by atoms with Crippen LogP contribution in [-0.2, 0) is 19.5 Å². The number of fused-ring (bicyclic) bond motifs is 1. The molecule has 0 atom stereocenters. The molecule has 1 aliphatic heterocycles. The van der Waals surface area contributed by atoms with Gasteiger partial charge in [-0.05, 0) is 35.4 Å². The van der Waals surface area contributed by atoms with E-state index in [1.54, 1.807) is 6.07 Å². The molecule has 1 heterocycles. The first kappa shape index (κ1) is 13.4. The van der Waals surface area contributed by atoms with Crippen molar-refractivity contribution in [3.63, 3.8) is 0 Å². The molecule has 0 unspecified atom stereocenters. The SMILES string of the molecule is Fc1cccc(CNCc2cc(Cl)cc3c2OCC3)c1. The molecule has 20 heavy (non-hydrogen) atoms. The Morgan fingerprint density at radius 2 is 2.10 bits per heavy atom. The van der Waals surface area contributed by atoms with E-state index in [9.17, 15) is 4.39 Å². The summed E-state index contributed by atoms with van der Waals surface area (Å²) in [6, 6.07) is 10.5. The minimum absolute atomic E-state index is 0.212. The lowest BCUT2D eigenvalue weighted by molar-refractivity contribution is 0.352. The van der Waals surface area contributed by atoms with Crippen molar-refractivity contribution in [3.8, 4) is 5.75 Å². The topological polar surface area (TPSA) is 21.3 Å². The molecule has 1 N–H and O–H groups in total. The molecule has 0 amide bonds. The quantitative estimate of drug-likeness (QED) is 0.927. The van der Waals surface area contributed by atoms with E-state index in [4.69, 9.17) is 16.3 Å².